The molecular formula is C17H20ClN3OS. The lowest BCUT2D eigenvalue weighted by atomic mass is 10.1. The third kappa shape index (κ3) is 3.26. The van der Waals surface area contributed by atoms with Crippen LogP contribution in [0.25, 0.3) is 0 Å². The first kappa shape index (κ1) is 16.4. The first-order valence-corrected chi connectivity index (χ1v) is 8.72. The van der Waals surface area contributed by atoms with Gasteiger partial charge in [0.15, 0.2) is 5.17 Å². The van der Waals surface area contributed by atoms with Crippen molar-refractivity contribution in [3.63, 3.8) is 0 Å². The number of rotatable bonds is 3. The molecule has 1 aromatic rings. The van der Waals surface area contributed by atoms with Gasteiger partial charge in [-0.2, -0.15) is 0 Å². The lowest BCUT2D eigenvalue weighted by molar-refractivity contribution is -0.125. The molecule has 23 heavy (non-hydrogen) atoms. The second-order valence-electron chi connectivity index (χ2n) is 6.60. The fourth-order valence-corrected chi connectivity index (χ4v) is 4.16. The molecule has 0 atom stereocenters. The van der Waals surface area contributed by atoms with Crippen molar-refractivity contribution in [3.8, 4) is 0 Å². The lowest BCUT2D eigenvalue weighted by Gasteiger charge is -2.20. The van der Waals surface area contributed by atoms with Gasteiger partial charge in [-0.3, -0.25) is 9.79 Å². The Morgan fingerprint density at radius 2 is 2.04 bits per heavy atom. The molecule has 0 fully saturated rings. The number of nitrogens with zero attached hydrogens (tertiary/aromatic N) is 3. The largest absolute Gasteiger partial charge is 0.337 e. The van der Waals surface area contributed by atoms with E-state index in [1.807, 2.05) is 38.2 Å². The molecule has 0 saturated carbocycles. The molecule has 4 nitrogen and oxygen atoms in total. The number of benzene rings is 1. The van der Waals surface area contributed by atoms with Gasteiger partial charge in [0.05, 0.1) is 10.4 Å². The van der Waals surface area contributed by atoms with Gasteiger partial charge < -0.3 is 9.80 Å². The highest BCUT2D eigenvalue weighted by Gasteiger charge is 2.40. The molecule has 1 aromatic carbocycles. The van der Waals surface area contributed by atoms with Gasteiger partial charge in [0.25, 0.3) is 5.91 Å². The third-order valence-corrected chi connectivity index (χ3v) is 5.40. The highest BCUT2D eigenvalue weighted by Crippen LogP contribution is 2.40. The zero-order valence-corrected chi connectivity index (χ0v) is 15.3. The molecular weight excluding hydrogens is 330 g/mol. The minimum atomic E-state index is -0.0760. The van der Waals surface area contributed by atoms with Gasteiger partial charge in [-0.1, -0.05) is 23.7 Å². The van der Waals surface area contributed by atoms with Crippen LogP contribution in [0.3, 0.4) is 0 Å². The number of amidine groups is 1. The number of carbonyl (C=O) groups is 1. The second kappa shape index (κ2) is 5.87. The summed E-state index contributed by atoms with van der Waals surface area (Å²) in [6.07, 6.45) is 0. The summed E-state index contributed by atoms with van der Waals surface area (Å²) in [6.45, 7) is 7.62. The average Bonchev–Trinajstić information content (AvgIpc) is 2.94. The number of allylic oxidation sites excluding steroid dienone is 1. The Morgan fingerprint density at radius 1 is 1.39 bits per heavy atom. The minimum Gasteiger partial charge on any atom is -0.337 e. The van der Waals surface area contributed by atoms with Crippen LogP contribution in [0.4, 0.5) is 0 Å². The first-order chi connectivity index (χ1) is 10.8. The minimum absolute atomic E-state index is 0.0392. The van der Waals surface area contributed by atoms with E-state index in [0.29, 0.717) is 11.6 Å². The number of thioether (sulfide) groups is 1. The molecule has 0 bridgehead atoms. The van der Waals surface area contributed by atoms with E-state index < -0.39 is 0 Å². The monoisotopic (exact) mass is 349 g/mol. The molecule has 2 aliphatic rings. The topological polar surface area (TPSA) is 35.9 Å². The number of hydrogen-bond acceptors (Lipinski definition) is 4. The Balaban J connectivity index is 1.72. The number of carbonyl (C=O) groups excluding carboxylic acids is 1. The Morgan fingerprint density at radius 3 is 2.65 bits per heavy atom. The van der Waals surface area contributed by atoms with Gasteiger partial charge in [-0.05, 0) is 50.2 Å². The molecule has 6 heteroatoms. The van der Waals surface area contributed by atoms with E-state index in [-0.39, 0.29) is 11.4 Å². The van der Waals surface area contributed by atoms with Gasteiger partial charge >= 0.3 is 0 Å². The van der Waals surface area contributed by atoms with Crippen LogP contribution >= 0.6 is 23.4 Å². The molecule has 0 aromatic heterocycles. The van der Waals surface area contributed by atoms with Crippen LogP contribution in [0.15, 0.2) is 39.9 Å². The Bertz CT molecular complexity index is 709. The number of fused-ring (bicyclic) bond motifs is 1. The van der Waals surface area contributed by atoms with E-state index in [1.165, 1.54) is 11.8 Å². The number of halogens is 1. The summed E-state index contributed by atoms with van der Waals surface area (Å²) in [4.78, 5) is 22.1. The van der Waals surface area contributed by atoms with Crippen molar-refractivity contribution in [2.75, 3.05) is 13.6 Å². The molecule has 2 aliphatic heterocycles. The van der Waals surface area contributed by atoms with Crippen molar-refractivity contribution in [1.82, 2.24) is 9.80 Å². The van der Waals surface area contributed by atoms with E-state index in [1.54, 1.807) is 4.90 Å². The van der Waals surface area contributed by atoms with Crippen molar-refractivity contribution in [3.05, 3.63) is 45.5 Å². The van der Waals surface area contributed by atoms with Gasteiger partial charge in [-0.15, -0.1) is 0 Å². The SMILES string of the molecule is CC1=C(C(=O)N(C)Cc2ccc(Cl)cc2)SC2=NC(C)(C)CN21. The molecule has 2 heterocycles. The van der Waals surface area contributed by atoms with Crippen LogP contribution in [0.2, 0.25) is 5.02 Å². The highest BCUT2D eigenvalue weighted by molar-refractivity contribution is 8.18. The van der Waals surface area contributed by atoms with E-state index in [0.717, 1.165) is 27.9 Å². The number of hydrogen-bond donors (Lipinski definition) is 0. The van der Waals surface area contributed by atoms with E-state index in [4.69, 9.17) is 16.6 Å². The number of likely N-dealkylation sites (N-methyl/N-ethyl adjacent to an activating group) is 1. The standard InChI is InChI=1S/C17H20ClN3OS/c1-11-14(23-16-19-17(2,3)10-21(11)16)15(22)20(4)9-12-5-7-13(18)8-6-12/h5-8H,9-10H2,1-4H3. The number of amides is 1. The maximum Gasteiger partial charge on any atom is 0.262 e. The van der Waals surface area contributed by atoms with Crippen LogP contribution in [-0.2, 0) is 11.3 Å². The summed E-state index contributed by atoms with van der Waals surface area (Å²) >= 11 is 7.39. The number of aliphatic imine (C=N–C) groups is 1. The van der Waals surface area contributed by atoms with Crippen LogP contribution in [0.5, 0.6) is 0 Å². The summed E-state index contributed by atoms with van der Waals surface area (Å²) in [6, 6.07) is 7.58. The molecule has 0 N–H and O–H groups in total. The average molecular weight is 350 g/mol. The van der Waals surface area contributed by atoms with Crippen molar-refractivity contribution in [2.45, 2.75) is 32.9 Å². The van der Waals surface area contributed by atoms with Gasteiger partial charge in [0.1, 0.15) is 0 Å². The van der Waals surface area contributed by atoms with Crippen molar-refractivity contribution in [2.24, 2.45) is 4.99 Å². The summed E-state index contributed by atoms with van der Waals surface area (Å²) in [5.41, 5.74) is 1.99. The van der Waals surface area contributed by atoms with Crippen molar-refractivity contribution >= 4 is 34.4 Å². The van der Waals surface area contributed by atoms with Crippen LogP contribution < -0.4 is 0 Å². The molecule has 0 aliphatic carbocycles. The fourth-order valence-electron chi connectivity index (χ4n) is 2.74. The molecule has 0 spiro atoms. The van der Waals surface area contributed by atoms with Gasteiger partial charge in [-0.25, -0.2) is 0 Å². The maximum absolute atomic E-state index is 12.8. The third-order valence-electron chi connectivity index (χ3n) is 3.98. The summed E-state index contributed by atoms with van der Waals surface area (Å²) in [7, 11) is 1.83. The van der Waals surface area contributed by atoms with Gasteiger partial charge in [0, 0.05) is 30.9 Å². The van der Waals surface area contributed by atoms with Crippen LogP contribution in [0, 0.1) is 0 Å². The highest BCUT2D eigenvalue weighted by atomic mass is 35.5. The summed E-state index contributed by atoms with van der Waals surface area (Å²) in [5, 5.41) is 1.64. The molecule has 0 radical (unpaired) electrons. The van der Waals surface area contributed by atoms with E-state index in [9.17, 15) is 4.79 Å². The maximum atomic E-state index is 12.8. The van der Waals surface area contributed by atoms with Crippen molar-refractivity contribution < 1.29 is 4.79 Å². The second-order valence-corrected chi connectivity index (χ2v) is 8.01. The molecule has 3 rings (SSSR count). The smallest absolute Gasteiger partial charge is 0.262 e. The zero-order valence-electron chi connectivity index (χ0n) is 13.8. The molecule has 0 saturated heterocycles. The summed E-state index contributed by atoms with van der Waals surface area (Å²) < 4.78 is 0. The predicted octanol–water partition coefficient (Wildman–Crippen LogP) is 3.73. The van der Waals surface area contributed by atoms with E-state index in [2.05, 4.69) is 18.7 Å². The Kier molecular flexibility index (Phi) is 4.19. The fraction of sp³-hybridized carbons (Fsp3) is 0.412. The Labute approximate surface area is 146 Å². The van der Waals surface area contributed by atoms with Crippen LogP contribution in [0.1, 0.15) is 26.3 Å². The lowest BCUT2D eigenvalue weighted by Crippen LogP contribution is -2.30. The Hall–Kier alpha value is -1.46. The molecule has 1 amide bonds. The molecule has 0 unspecified atom stereocenters. The molecule has 122 valence electrons. The van der Waals surface area contributed by atoms with Crippen LogP contribution in [-0.4, -0.2) is 40.0 Å². The van der Waals surface area contributed by atoms with Gasteiger partial charge in [0.2, 0.25) is 0 Å². The normalized spacial score (nSPS) is 19.0. The summed E-state index contributed by atoms with van der Waals surface area (Å²) in [5.74, 6) is 0.0392. The first-order valence-electron chi connectivity index (χ1n) is 7.53. The zero-order chi connectivity index (χ0) is 16.8. The quantitative estimate of drug-likeness (QED) is 0.834. The van der Waals surface area contributed by atoms with E-state index >= 15 is 0 Å². The predicted molar refractivity (Wildman–Crippen MR) is 96.4 cm³/mol. The van der Waals surface area contributed by atoms with Crippen molar-refractivity contribution in [1.29, 1.82) is 0 Å².